The van der Waals surface area contributed by atoms with E-state index in [1.165, 1.54) is 22.6 Å². The highest BCUT2D eigenvalue weighted by molar-refractivity contribution is 14.0. The van der Waals surface area contributed by atoms with Gasteiger partial charge in [0.05, 0.1) is 13.1 Å². The van der Waals surface area contributed by atoms with E-state index >= 15 is 0 Å². The summed E-state index contributed by atoms with van der Waals surface area (Å²) in [6.07, 6.45) is 0. The average molecular weight is 449 g/mol. The molecule has 0 atom stereocenters. The van der Waals surface area contributed by atoms with Gasteiger partial charge in [-0.15, -0.1) is 35.3 Å². The minimum absolute atomic E-state index is 0. The third kappa shape index (κ3) is 5.98. The molecule has 0 unspecified atom stereocenters. The zero-order valence-electron chi connectivity index (χ0n) is 13.1. The number of phenols is 1. The average Bonchev–Trinajstić information content (AvgIpc) is 2.91. The highest BCUT2D eigenvalue weighted by Crippen LogP contribution is 2.17. The summed E-state index contributed by atoms with van der Waals surface area (Å²) >= 11 is 1.70. The van der Waals surface area contributed by atoms with Crippen LogP contribution in [0.15, 0.2) is 34.6 Å². The monoisotopic (exact) mass is 449 g/mol. The summed E-state index contributed by atoms with van der Waals surface area (Å²) in [5.74, 6) is -0.283. The molecule has 1 aromatic carbocycles. The number of benzene rings is 1. The van der Waals surface area contributed by atoms with Crippen LogP contribution in [0.2, 0.25) is 0 Å². The number of thiophene rings is 1. The smallest absolute Gasteiger partial charge is 0.191 e. The highest BCUT2D eigenvalue weighted by Gasteiger charge is 2.04. The molecule has 2 aromatic rings. The first-order valence-electron chi connectivity index (χ1n) is 7.12. The zero-order valence-corrected chi connectivity index (χ0v) is 16.2. The van der Waals surface area contributed by atoms with Gasteiger partial charge in [-0.2, -0.15) is 0 Å². The van der Waals surface area contributed by atoms with E-state index in [0.717, 1.165) is 6.54 Å². The van der Waals surface area contributed by atoms with E-state index in [9.17, 15) is 9.50 Å². The predicted molar refractivity (Wildman–Crippen MR) is 104 cm³/mol. The quantitative estimate of drug-likeness (QED) is 0.370. The molecule has 126 valence electrons. The largest absolute Gasteiger partial charge is 0.505 e. The number of aliphatic imine (C=N–C) groups is 1. The second kappa shape index (κ2) is 9.71. The molecule has 0 bridgehead atoms. The molecule has 0 saturated carbocycles. The van der Waals surface area contributed by atoms with Crippen molar-refractivity contribution in [3.63, 3.8) is 0 Å². The van der Waals surface area contributed by atoms with E-state index in [1.54, 1.807) is 17.4 Å². The number of halogens is 2. The summed E-state index contributed by atoms with van der Waals surface area (Å²) < 4.78 is 13.3. The maximum Gasteiger partial charge on any atom is 0.191 e. The Morgan fingerprint density at radius 2 is 2.09 bits per heavy atom. The summed E-state index contributed by atoms with van der Waals surface area (Å²) in [7, 11) is 0. The van der Waals surface area contributed by atoms with E-state index in [2.05, 4.69) is 34.0 Å². The van der Waals surface area contributed by atoms with E-state index in [4.69, 9.17) is 0 Å². The standard InChI is InChI=1S/C16H20FN3OS.HI/c1-3-18-16(20-10-15-11(2)6-7-22-15)19-9-12-4-5-14(21)13(17)8-12;/h4-8,21H,3,9-10H2,1-2H3,(H2,18,19,20);1H. The minimum atomic E-state index is -0.625. The van der Waals surface area contributed by atoms with Gasteiger partial charge in [-0.05, 0) is 48.6 Å². The van der Waals surface area contributed by atoms with Crippen molar-refractivity contribution < 1.29 is 9.50 Å². The molecule has 0 aliphatic rings. The van der Waals surface area contributed by atoms with Crippen molar-refractivity contribution in [1.29, 1.82) is 0 Å². The Hall–Kier alpha value is -1.35. The number of guanidine groups is 1. The Bertz CT molecular complexity index is 661. The normalized spacial score (nSPS) is 11.0. The molecule has 1 aromatic heterocycles. The highest BCUT2D eigenvalue weighted by atomic mass is 127. The molecule has 1 heterocycles. The van der Waals surface area contributed by atoms with Crippen LogP contribution in [0.4, 0.5) is 4.39 Å². The molecule has 0 fully saturated rings. The molecule has 23 heavy (non-hydrogen) atoms. The zero-order chi connectivity index (χ0) is 15.9. The van der Waals surface area contributed by atoms with Gasteiger partial charge in [0.1, 0.15) is 0 Å². The van der Waals surface area contributed by atoms with Crippen molar-refractivity contribution in [1.82, 2.24) is 10.6 Å². The van der Waals surface area contributed by atoms with Crippen LogP contribution in [0.3, 0.4) is 0 Å². The van der Waals surface area contributed by atoms with Crippen LogP contribution < -0.4 is 10.6 Å². The van der Waals surface area contributed by atoms with Gasteiger partial charge in [-0.1, -0.05) is 6.07 Å². The second-order valence-electron chi connectivity index (χ2n) is 4.86. The fourth-order valence-electron chi connectivity index (χ4n) is 1.91. The van der Waals surface area contributed by atoms with Gasteiger partial charge in [-0.3, -0.25) is 0 Å². The van der Waals surface area contributed by atoms with Crippen molar-refractivity contribution in [2.45, 2.75) is 26.9 Å². The summed E-state index contributed by atoms with van der Waals surface area (Å²) in [6, 6.07) is 6.39. The van der Waals surface area contributed by atoms with Gasteiger partial charge in [0, 0.05) is 11.4 Å². The van der Waals surface area contributed by atoms with Crippen molar-refractivity contribution >= 4 is 41.3 Å². The van der Waals surface area contributed by atoms with Crippen LogP contribution in [0.5, 0.6) is 5.75 Å². The molecule has 0 amide bonds. The van der Waals surface area contributed by atoms with Crippen molar-refractivity contribution in [3.8, 4) is 5.75 Å². The molecule has 0 aliphatic carbocycles. The number of aryl methyl sites for hydroxylation is 1. The van der Waals surface area contributed by atoms with Crippen molar-refractivity contribution in [2.75, 3.05) is 6.54 Å². The molecule has 3 N–H and O–H groups in total. The molecule has 0 radical (unpaired) electrons. The first-order valence-corrected chi connectivity index (χ1v) is 8.00. The molecule has 2 rings (SSSR count). The van der Waals surface area contributed by atoms with Crippen LogP contribution in [0.1, 0.15) is 22.9 Å². The molecular weight excluding hydrogens is 428 g/mol. The molecular formula is C16H21FIN3OS. The van der Waals surface area contributed by atoms with E-state index in [0.29, 0.717) is 24.6 Å². The molecule has 7 heteroatoms. The first-order chi connectivity index (χ1) is 10.6. The fraction of sp³-hybridized carbons (Fsp3) is 0.312. The number of nitrogens with one attached hydrogen (secondary N) is 2. The summed E-state index contributed by atoms with van der Waals surface area (Å²) in [6.45, 7) is 5.87. The lowest BCUT2D eigenvalue weighted by Gasteiger charge is -2.11. The third-order valence-electron chi connectivity index (χ3n) is 3.16. The molecule has 4 nitrogen and oxygen atoms in total. The summed E-state index contributed by atoms with van der Waals surface area (Å²) in [5, 5.41) is 17.7. The maximum absolute atomic E-state index is 13.3. The Kier molecular flexibility index (Phi) is 8.32. The lowest BCUT2D eigenvalue weighted by atomic mass is 10.2. The number of nitrogens with zero attached hydrogens (tertiary/aromatic N) is 1. The Morgan fingerprint density at radius 1 is 1.30 bits per heavy atom. The van der Waals surface area contributed by atoms with Gasteiger partial charge >= 0.3 is 0 Å². The minimum Gasteiger partial charge on any atom is -0.505 e. The van der Waals surface area contributed by atoms with Crippen LogP contribution in [0.25, 0.3) is 0 Å². The summed E-state index contributed by atoms with van der Waals surface area (Å²) in [4.78, 5) is 5.70. The predicted octanol–water partition coefficient (Wildman–Crippen LogP) is 3.77. The number of phenolic OH excluding ortho intramolecular Hbond substituents is 1. The third-order valence-corrected chi connectivity index (χ3v) is 4.18. The number of aromatic hydroxyl groups is 1. The molecule has 0 spiro atoms. The van der Waals surface area contributed by atoms with Gasteiger partial charge in [-0.25, -0.2) is 9.38 Å². The lowest BCUT2D eigenvalue weighted by Crippen LogP contribution is -2.36. The number of rotatable bonds is 5. The van der Waals surface area contributed by atoms with Gasteiger partial charge in [0.2, 0.25) is 0 Å². The molecule has 0 saturated heterocycles. The fourth-order valence-corrected chi connectivity index (χ4v) is 2.76. The van der Waals surface area contributed by atoms with Crippen LogP contribution >= 0.6 is 35.3 Å². The lowest BCUT2D eigenvalue weighted by molar-refractivity contribution is 0.432. The Labute approximate surface area is 156 Å². The topological polar surface area (TPSA) is 56.7 Å². The second-order valence-corrected chi connectivity index (χ2v) is 5.86. The maximum atomic E-state index is 13.3. The van der Waals surface area contributed by atoms with E-state index in [1.807, 2.05) is 6.92 Å². The van der Waals surface area contributed by atoms with Gasteiger partial charge < -0.3 is 15.7 Å². The SMILES string of the molecule is CCNC(=NCc1ccc(O)c(F)c1)NCc1sccc1C.I. The van der Waals surface area contributed by atoms with Crippen LogP contribution in [-0.4, -0.2) is 17.6 Å². The van der Waals surface area contributed by atoms with Crippen molar-refractivity contribution in [3.05, 3.63) is 51.5 Å². The Morgan fingerprint density at radius 3 is 2.70 bits per heavy atom. The first kappa shape index (κ1) is 19.7. The van der Waals surface area contributed by atoms with Crippen LogP contribution in [-0.2, 0) is 13.1 Å². The van der Waals surface area contributed by atoms with Crippen LogP contribution in [0, 0.1) is 12.7 Å². The van der Waals surface area contributed by atoms with Gasteiger partial charge in [0.15, 0.2) is 17.5 Å². The van der Waals surface area contributed by atoms with E-state index < -0.39 is 5.82 Å². The number of hydrogen-bond donors (Lipinski definition) is 3. The number of hydrogen-bond acceptors (Lipinski definition) is 3. The summed E-state index contributed by atoms with van der Waals surface area (Å²) in [5.41, 5.74) is 1.97. The van der Waals surface area contributed by atoms with Gasteiger partial charge in [0.25, 0.3) is 0 Å². The molecule has 0 aliphatic heterocycles. The van der Waals surface area contributed by atoms with Crippen molar-refractivity contribution in [2.24, 2.45) is 4.99 Å². The Balaban J connectivity index is 0.00000264. The van der Waals surface area contributed by atoms with E-state index in [-0.39, 0.29) is 29.7 Å².